The number of aryl methyl sites for hydroxylation is 2. The van der Waals surface area contributed by atoms with Crippen molar-refractivity contribution in [2.75, 3.05) is 0 Å². The van der Waals surface area contributed by atoms with Crippen molar-refractivity contribution in [3.8, 4) is 11.1 Å². The highest BCUT2D eigenvalue weighted by molar-refractivity contribution is 5.69. The smallest absolute Gasteiger partial charge is 0.131 e. The average Bonchev–Trinajstić information content (AvgIpc) is 2.37. The maximum Gasteiger partial charge on any atom is 0.131 e. The maximum atomic E-state index is 14.2. The van der Waals surface area contributed by atoms with Gasteiger partial charge in [-0.3, -0.25) is 0 Å². The quantitative estimate of drug-likeness (QED) is 0.856. The molecule has 0 aromatic heterocycles. The van der Waals surface area contributed by atoms with E-state index in [1.165, 1.54) is 12.1 Å². The van der Waals surface area contributed by atoms with Crippen molar-refractivity contribution in [3.05, 3.63) is 58.7 Å². The van der Waals surface area contributed by atoms with Gasteiger partial charge in [0.2, 0.25) is 0 Å². The maximum absolute atomic E-state index is 14.2. The van der Waals surface area contributed by atoms with Gasteiger partial charge in [-0.1, -0.05) is 26.0 Å². The lowest BCUT2D eigenvalue weighted by Gasteiger charge is -2.13. The molecule has 2 rings (SSSR count). The van der Waals surface area contributed by atoms with E-state index in [0.717, 1.165) is 11.1 Å². The monoisotopic (exact) mass is 289 g/mol. The fourth-order valence-corrected chi connectivity index (χ4v) is 2.46. The molecule has 0 atom stereocenters. The Morgan fingerprint density at radius 2 is 1.71 bits per heavy atom. The molecule has 0 aliphatic heterocycles. The number of rotatable bonds is 4. The fourth-order valence-electron chi connectivity index (χ4n) is 2.46. The molecule has 0 heterocycles. The first-order valence-electron chi connectivity index (χ1n) is 7.17. The Labute approximate surface area is 125 Å². The summed E-state index contributed by atoms with van der Waals surface area (Å²) in [5.41, 5.74) is 3.57. The highest BCUT2D eigenvalue weighted by atomic mass is 19.1. The van der Waals surface area contributed by atoms with Gasteiger partial charge in [-0.05, 0) is 48.7 Å². The van der Waals surface area contributed by atoms with Gasteiger partial charge in [-0.15, -0.1) is 0 Å². The van der Waals surface area contributed by atoms with Gasteiger partial charge in [0.25, 0.3) is 0 Å². The SMILES string of the molecule is Cc1cc(C)c(-c2ccc(F)c(CNC(C)C)c2)c(F)c1. The minimum Gasteiger partial charge on any atom is -0.310 e. The number of nitrogens with one attached hydrogen (secondary N) is 1. The van der Waals surface area contributed by atoms with Crippen LogP contribution in [0.1, 0.15) is 30.5 Å². The van der Waals surface area contributed by atoms with Crippen LogP contribution in [0, 0.1) is 25.5 Å². The summed E-state index contributed by atoms with van der Waals surface area (Å²) in [7, 11) is 0. The van der Waals surface area contributed by atoms with Gasteiger partial charge < -0.3 is 5.32 Å². The molecule has 21 heavy (non-hydrogen) atoms. The van der Waals surface area contributed by atoms with E-state index < -0.39 is 0 Å². The van der Waals surface area contributed by atoms with Crippen LogP contribution < -0.4 is 5.32 Å². The molecule has 0 saturated carbocycles. The van der Waals surface area contributed by atoms with Gasteiger partial charge in [0.05, 0.1) is 0 Å². The Bertz CT molecular complexity index is 625. The Balaban J connectivity index is 2.44. The predicted molar refractivity (Wildman–Crippen MR) is 83.2 cm³/mol. The van der Waals surface area contributed by atoms with Crippen LogP contribution in [0.3, 0.4) is 0 Å². The number of benzene rings is 2. The zero-order valence-electron chi connectivity index (χ0n) is 12.9. The fraction of sp³-hybridized carbons (Fsp3) is 0.333. The Hall–Kier alpha value is -1.74. The van der Waals surface area contributed by atoms with Crippen molar-refractivity contribution < 1.29 is 8.78 Å². The van der Waals surface area contributed by atoms with E-state index in [4.69, 9.17) is 0 Å². The third-order valence-electron chi connectivity index (χ3n) is 3.47. The summed E-state index contributed by atoms with van der Waals surface area (Å²) in [5.74, 6) is -0.529. The first-order valence-corrected chi connectivity index (χ1v) is 7.17. The Morgan fingerprint density at radius 1 is 1.00 bits per heavy atom. The van der Waals surface area contributed by atoms with E-state index in [-0.39, 0.29) is 17.7 Å². The zero-order chi connectivity index (χ0) is 15.6. The molecule has 3 heteroatoms. The van der Waals surface area contributed by atoms with E-state index in [1.54, 1.807) is 12.1 Å². The summed E-state index contributed by atoms with van der Waals surface area (Å²) < 4.78 is 28.1. The van der Waals surface area contributed by atoms with E-state index in [9.17, 15) is 8.78 Å². The van der Waals surface area contributed by atoms with Gasteiger partial charge in [0.15, 0.2) is 0 Å². The first-order chi connectivity index (χ1) is 9.88. The van der Waals surface area contributed by atoms with Gasteiger partial charge in [0, 0.05) is 23.7 Å². The summed E-state index contributed by atoms with van der Waals surface area (Å²) in [4.78, 5) is 0. The van der Waals surface area contributed by atoms with Crippen molar-refractivity contribution in [3.63, 3.8) is 0 Å². The molecule has 0 radical (unpaired) electrons. The molecule has 0 aliphatic carbocycles. The van der Waals surface area contributed by atoms with Crippen molar-refractivity contribution in [1.29, 1.82) is 0 Å². The molecule has 1 nitrogen and oxygen atoms in total. The normalized spacial score (nSPS) is 11.2. The number of hydrogen-bond acceptors (Lipinski definition) is 1. The van der Waals surface area contributed by atoms with Crippen molar-refractivity contribution >= 4 is 0 Å². The van der Waals surface area contributed by atoms with Crippen LogP contribution in [0.2, 0.25) is 0 Å². The number of hydrogen-bond donors (Lipinski definition) is 1. The summed E-state index contributed by atoms with van der Waals surface area (Å²) in [5, 5.41) is 3.19. The molecule has 0 spiro atoms. The summed E-state index contributed by atoms with van der Waals surface area (Å²) in [6.45, 7) is 8.18. The standard InChI is InChI=1S/C18H21F2N/c1-11(2)21-10-15-9-14(5-6-16(15)19)18-13(4)7-12(3)8-17(18)20/h5-9,11,21H,10H2,1-4H3. The molecular formula is C18H21F2N. The van der Waals surface area contributed by atoms with E-state index in [1.807, 2.05) is 33.8 Å². The molecule has 2 aromatic rings. The molecule has 0 fully saturated rings. The topological polar surface area (TPSA) is 12.0 Å². The lowest BCUT2D eigenvalue weighted by molar-refractivity contribution is 0.553. The summed E-state index contributed by atoms with van der Waals surface area (Å²) in [6, 6.07) is 8.49. The average molecular weight is 289 g/mol. The van der Waals surface area contributed by atoms with Gasteiger partial charge in [-0.2, -0.15) is 0 Å². The van der Waals surface area contributed by atoms with Gasteiger partial charge in [-0.25, -0.2) is 8.78 Å². The summed E-state index contributed by atoms with van der Waals surface area (Å²) >= 11 is 0. The van der Waals surface area contributed by atoms with Crippen molar-refractivity contribution in [1.82, 2.24) is 5.32 Å². The number of halogens is 2. The molecule has 0 unspecified atom stereocenters. The third-order valence-corrected chi connectivity index (χ3v) is 3.47. The second-order valence-corrected chi connectivity index (χ2v) is 5.78. The van der Waals surface area contributed by atoms with Crippen LogP contribution in [0.25, 0.3) is 11.1 Å². The van der Waals surface area contributed by atoms with Crippen molar-refractivity contribution in [2.24, 2.45) is 0 Å². The van der Waals surface area contributed by atoms with Crippen LogP contribution in [-0.4, -0.2) is 6.04 Å². The Morgan fingerprint density at radius 3 is 2.33 bits per heavy atom. The first kappa shape index (κ1) is 15.6. The van der Waals surface area contributed by atoms with E-state index in [0.29, 0.717) is 23.2 Å². The minimum absolute atomic E-state index is 0.262. The molecule has 0 bridgehead atoms. The second-order valence-electron chi connectivity index (χ2n) is 5.78. The van der Waals surface area contributed by atoms with E-state index >= 15 is 0 Å². The lowest BCUT2D eigenvalue weighted by atomic mass is 9.96. The highest BCUT2D eigenvalue weighted by Crippen LogP contribution is 2.29. The predicted octanol–water partition coefficient (Wildman–Crippen LogP) is 4.75. The molecule has 112 valence electrons. The van der Waals surface area contributed by atoms with E-state index in [2.05, 4.69) is 5.32 Å². The second kappa shape index (κ2) is 6.35. The Kier molecular flexibility index (Phi) is 4.73. The molecule has 0 aliphatic rings. The third kappa shape index (κ3) is 3.67. The highest BCUT2D eigenvalue weighted by Gasteiger charge is 2.12. The van der Waals surface area contributed by atoms with Crippen molar-refractivity contribution in [2.45, 2.75) is 40.3 Å². The van der Waals surface area contributed by atoms with Crippen LogP contribution in [0.5, 0.6) is 0 Å². The van der Waals surface area contributed by atoms with Crippen LogP contribution >= 0.6 is 0 Å². The van der Waals surface area contributed by atoms with Gasteiger partial charge >= 0.3 is 0 Å². The lowest BCUT2D eigenvalue weighted by Crippen LogP contribution is -2.22. The van der Waals surface area contributed by atoms with Crippen LogP contribution in [0.4, 0.5) is 8.78 Å². The summed E-state index contributed by atoms with van der Waals surface area (Å²) in [6.07, 6.45) is 0. The molecule has 1 N–H and O–H groups in total. The zero-order valence-corrected chi connectivity index (χ0v) is 12.9. The molecular weight excluding hydrogens is 268 g/mol. The molecule has 2 aromatic carbocycles. The van der Waals surface area contributed by atoms with Crippen LogP contribution in [-0.2, 0) is 6.54 Å². The molecule has 0 saturated heterocycles. The van der Waals surface area contributed by atoms with Crippen LogP contribution in [0.15, 0.2) is 30.3 Å². The van der Waals surface area contributed by atoms with Gasteiger partial charge in [0.1, 0.15) is 11.6 Å². The minimum atomic E-state index is -0.267. The largest absolute Gasteiger partial charge is 0.310 e. The molecule has 0 amide bonds.